The lowest BCUT2D eigenvalue weighted by molar-refractivity contribution is -0.149. The Hall–Kier alpha value is -2.93. The van der Waals surface area contributed by atoms with Crippen molar-refractivity contribution in [2.75, 3.05) is 32.8 Å². The van der Waals surface area contributed by atoms with E-state index in [1.165, 1.54) is 20.3 Å². The van der Waals surface area contributed by atoms with Crippen LogP contribution < -0.4 is 19.5 Å². The number of benzene rings is 2. The van der Waals surface area contributed by atoms with Gasteiger partial charge in [-0.2, -0.15) is 0 Å². The smallest absolute Gasteiger partial charge is 0.344 e. The zero-order chi connectivity index (χ0) is 18.9. The van der Waals surface area contributed by atoms with Gasteiger partial charge < -0.3 is 24.3 Å². The minimum atomic E-state index is -0.691. The number of hydrogen-bond acceptors (Lipinski definition) is 6. The summed E-state index contributed by atoms with van der Waals surface area (Å²) in [4.78, 5) is 23.7. The van der Waals surface area contributed by atoms with Crippen molar-refractivity contribution in [3.05, 3.63) is 47.5 Å². The van der Waals surface area contributed by atoms with Crippen LogP contribution in [0.15, 0.2) is 42.5 Å². The third-order valence-electron chi connectivity index (χ3n) is 3.21. The Balaban J connectivity index is 1.82. The van der Waals surface area contributed by atoms with E-state index in [4.69, 9.17) is 30.5 Å². The lowest BCUT2D eigenvalue weighted by Gasteiger charge is -2.11. The minimum absolute atomic E-state index is 0.353. The Labute approximate surface area is 155 Å². The number of ether oxygens (including phenoxy) is 4. The molecular formula is C18H18ClNO6. The minimum Gasteiger partial charge on any atom is -0.495 e. The Morgan fingerprint density at radius 1 is 0.962 bits per heavy atom. The highest BCUT2D eigenvalue weighted by atomic mass is 35.5. The fraction of sp³-hybridized carbons (Fsp3) is 0.222. The summed E-state index contributed by atoms with van der Waals surface area (Å²) in [6.07, 6.45) is 0. The number of amides is 1. The van der Waals surface area contributed by atoms with E-state index in [2.05, 4.69) is 5.32 Å². The highest BCUT2D eigenvalue weighted by molar-refractivity contribution is 6.31. The highest BCUT2D eigenvalue weighted by Gasteiger charge is 2.12. The zero-order valence-corrected chi connectivity index (χ0v) is 15.0. The standard InChI is InChI=1S/C18H18ClNO6/c1-23-14-8-7-12(19)9-13(14)20-17(21)10-26-18(22)11-25-16-6-4-3-5-15(16)24-2/h3-9H,10-11H2,1-2H3,(H,20,21). The quantitative estimate of drug-likeness (QED) is 0.710. The molecule has 2 aromatic carbocycles. The van der Waals surface area contributed by atoms with Gasteiger partial charge >= 0.3 is 5.97 Å². The molecule has 0 saturated carbocycles. The first kappa shape index (κ1) is 19.4. The van der Waals surface area contributed by atoms with E-state index in [-0.39, 0.29) is 6.61 Å². The van der Waals surface area contributed by atoms with Crippen molar-refractivity contribution in [3.63, 3.8) is 0 Å². The van der Waals surface area contributed by atoms with Gasteiger partial charge in [0.2, 0.25) is 0 Å². The normalized spacial score (nSPS) is 9.96. The fourth-order valence-electron chi connectivity index (χ4n) is 2.03. The van der Waals surface area contributed by atoms with Crippen molar-refractivity contribution in [2.45, 2.75) is 0 Å². The van der Waals surface area contributed by atoms with Crippen LogP contribution in [0.25, 0.3) is 0 Å². The first-order valence-corrected chi connectivity index (χ1v) is 7.96. The molecule has 0 saturated heterocycles. The molecule has 8 heteroatoms. The third-order valence-corrected chi connectivity index (χ3v) is 3.45. The van der Waals surface area contributed by atoms with Gasteiger partial charge in [-0.1, -0.05) is 23.7 Å². The maximum Gasteiger partial charge on any atom is 0.344 e. The summed E-state index contributed by atoms with van der Waals surface area (Å²) < 4.78 is 20.4. The van der Waals surface area contributed by atoms with Crippen molar-refractivity contribution in [1.29, 1.82) is 0 Å². The van der Waals surface area contributed by atoms with E-state index in [1.54, 1.807) is 36.4 Å². The van der Waals surface area contributed by atoms with Crippen LogP contribution in [0.3, 0.4) is 0 Å². The first-order valence-electron chi connectivity index (χ1n) is 7.58. The molecule has 7 nitrogen and oxygen atoms in total. The molecule has 0 aromatic heterocycles. The summed E-state index contributed by atoms with van der Waals surface area (Å²) in [7, 11) is 2.96. The van der Waals surface area contributed by atoms with Gasteiger partial charge in [0.15, 0.2) is 24.7 Å². The molecule has 0 aliphatic heterocycles. The molecule has 2 aromatic rings. The van der Waals surface area contributed by atoms with Crippen molar-refractivity contribution < 1.29 is 28.5 Å². The number of carbonyl (C=O) groups excluding carboxylic acids is 2. The van der Waals surface area contributed by atoms with Crippen molar-refractivity contribution in [2.24, 2.45) is 0 Å². The molecule has 0 heterocycles. The van der Waals surface area contributed by atoms with Gasteiger partial charge in [-0.05, 0) is 30.3 Å². The van der Waals surface area contributed by atoms with E-state index in [1.807, 2.05) is 0 Å². The van der Waals surface area contributed by atoms with Gasteiger partial charge in [0.1, 0.15) is 5.75 Å². The summed E-state index contributed by atoms with van der Waals surface area (Å²) in [6.45, 7) is -0.822. The summed E-state index contributed by atoms with van der Waals surface area (Å²) in [5, 5.41) is 3.00. The number of esters is 1. The molecule has 0 unspecified atom stereocenters. The lowest BCUT2D eigenvalue weighted by atomic mass is 10.3. The van der Waals surface area contributed by atoms with E-state index in [0.717, 1.165) is 0 Å². The molecule has 1 amide bonds. The molecule has 0 aliphatic carbocycles. The molecule has 0 atom stereocenters. The van der Waals surface area contributed by atoms with E-state index >= 15 is 0 Å². The summed E-state index contributed by atoms with van der Waals surface area (Å²) in [6, 6.07) is 11.7. The Morgan fingerprint density at radius 3 is 2.35 bits per heavy atom. The number of nitrogens with one attached hydrogen (secondary N) is 1. The molecule has 138 valence electrons. The van der Waals surface area contributed by atoms with Crippen molar-refractivity contribution in [1.82, 2.24) is 0 Å². The molecule has 1 N–H and O–H groups in total. The first-order chi connectivity index (χ1) is 12.5. The second-order valence-electron chi connectivity index (χ2n) is 4.99. The topological polar surface area (TPSA) is 83.1 Å². The Bertz CT molecular complexity index is 780. The van der Waals surface area contributed by atoms with Crippen LogP contribution in [0, 0.1) is 0 Å². The fourth-order valence-corrected chi connectivity index (χ4v) is 2.20. The Morgan fingerprint density at radius 2 is 1.65 bits per heavy atom. The van der Waals surface area contributed by atoms with Gasteiger partial charge in [-0.3, -0.25) is 4.79 Å². The molecule has 0 bridgehead atoms. The summed E-state index contributed by atoms with van der Waals surface area (Å²) in [5.74, 6) is 0.111. The van der Waals surface area contributed by atoms with Crippen LogP contribution in [-0.2, 0) is 14.3 Å². The summed E-state index contributed by atoms with van der Waals surface area (Å²) in [5.41, 5.74) is 0.381. The third kappa shape index (κ3) is 5.56. The van der Waals surface area contributed by atoms with Gasteiger partial charge in [0, 0.05) is 5.02 Å². The predicted octanol–water partition coefficient (Wildman–Crippen LogP) is 2.92. The number of halogens is 1. The number of anilines is 1. The largest absolute Gasteiger partial charge is 0.495 e. The van der Waals surface area contributed by atoms with Gasteiger partial charge in [-0.15, -0.1) is 0 Å². The summed E-state index contributed by atoms with van der Waals surface area (Å²) >= 11 is 5.89. The molecule has 0 aliphatic rings. The second kappa shape index (κ2) is 9.53. The average molecular weight is 380 g/mol. The van der Waals surface area contributed by atoms with E-state index in [0.29, 0.717) is 28.0 Å². The van der Waals surface area contributed by atoms with Gasteiger partial charge in [-0.25, -0.2) is 4.79 Å². The predicted molar refractivity (Wildman–Crippen MR) is 96.1 cm³/mol. The molecule has 0 fully saturated rings. The second-order valence-corrected chi connectivity index (χ2v) is 5.43. The highest BCUT2D eigenvalue weighted by Crippen LogP contribution is 2.27. The number of rotatable bonds is 8. The lowest BCUT2D eigenvalue weighted by Crippen LogP contribution is -2.24. The number of hydrogen-bond donors (Lipinski definition) is 1. The molecule has 0 spiro atoms. The molecular weight excluding hydrogens is 362 g/mol. The van der Waals surface area contributed by atoms with Crippen LogP contribution >= 0.6 is 11.6 Å². The molecule has 2 rings (SSSR count). The van der Waals surface area contributed by atoms with Gasteiger partial charge in [0.25, 0.3) is 5.91 Å². The monoisotopic (exact) mass is 379 g/mol. The van der Waals surface area contributed by atoms with Crippen molar-refractivity contribution in [3.8, 4) is 17.2 Å². The molecule has 0 radical (unpaired) electrons. The van der Waals surface area contributed by atoms with E-state index in [9.17, 15) is 9.59 Å². The maximum absolute atomic E-state index is 11.9. The van der Waals surface area contributed by atoms with Crippen LogP contribution in [0.5, 0.6) is 17.2 Å². The van der Waals surface area contributed by atoms with Crippen LogP contribution in [-0.4, -0.2) is 39.3 Å². The average Bonchev–Trinajstić information content (AvgIpc) is 2.65. The van der Waals surface area contributed by atoms with Crippen LogP contribution in [0.1, 0.15) is 0 Å². The number of carbonyl (C=O) groups is 2. The number of para-hydroxylation sites is 2. The van der Waals surface area contributed by atoms with Crippen molar-refractivity contribution >= 4 is 29.2 Å². The maximum atomic E-state index is 11.9. The SMILES string of the molecule is COc1ccc(Cl)cc1NC(=O)COC(=O)COc1ccccc1OC. The van der Waals surface area contributed by atoms with Crippen LogP contribution in [0.4, 0.5) is 5.69 Å². The van der Waals surface area contributed by atoms with Crippen LogP contribution in [0.2, 0.25) is 5.02 Å². The van der Waals surface area contributed by atoms with E-state index < -0.39 is 18.5 Å². The molecule has 26 heavy (non-hydrogen) atoms. The zero-order valence-electron chi connectivity index (χ0n) is 14.3. The Kier molecular flexibility index (Phi) is 7.11. The number of methoxy groups -OCH3 is 2. The van der Waals surface area contributed by atoms with Gasteiger partial charge in [0.05, 0.1) is 19.9 Å².